The fourth-order valence-electron chi connectivity index (χ4n) is 3.08. The Balaban J connectivity index is 1.94. The van der Waals surface area contributed by atoms with Crippen molar-refractivity contribution < 1.29 is 9.84 Å². The SMILES string of the molecule is COC[C@@H]1[C@H](O)CN1C(c1ccccc1)c1ccccc1. The van der Waals surface area contributed by atoms with E-state index in [1.807, 2.05) is 12.1 Å². The standard InChI is InChI=1S/C18H21NO2/c1-21-13-16-17(20)12-19(16)18(14-8-4-2-5-9-14)15-10-6-3-7-11-15/h2-11,16-18,20H,12-13H2,1H3/t16-,17-/m1/s1. The molecule has 0 amide bonds. The molecule has 1 aliphatic heterocycles. The summed E-state index contributed by atoms with van der Waals surface area (Å²) in [6.07, 6.45) is -0.306. The number of likely N-dealkylation sites (tertiary alicyclic amines) is 1. The zero-order chi connectivity index (χ0) is 14.7. The molecule has 21 heavy (non-hydrogen) atoms. The van der Waals surface area contributed by atoms with Gasteiger partial charge < -0.3 is 9.84 Å². The summed E-state index contributed by atoms with van der Waals surface area (Å²) in [5, 5.41) is 10.0. The van der Waals surface area contributed by atoms with Crippen LogP contribution in [0.4, 0.5) is 0 Å². The van der Waals surface area contributed by atoms with Gasteiger partial charge in [0, 0.05) is 13.7 Å². The molecule has 0 radical (unpaired) electrons. The first-order valence-electron chi connectivity index (χ1n) is 7.34. The van der Waals surface area contributed by atoms with E-state index in [-0.39, 0.29) is 18.2 Å². The zero-order valence-electron chi connectivity index (χ0n) is 12.2. The van der Waals surface area contributed by atoms with Crippen molar-refractivity contribution in [2.45, 2.75) is 18.2 Å². The van der Waals surface area contributed by atoms with E-state index in [1.54, 1.807) is 7.11 Å². The maximum atomic E-state index is 10.0. The number of methoxy groups -OCH3 is 1. The molecule has 1 saturated heterocycles. The topological polar surface area (TPSA) is 32.7 Å². The number of hydrogen-bond donors (Lipinski definition) is 1. The fourth-order valence-corrected chi connectivity index (χ4v) is 3.08. The van der Waals surface area contributed by atoms with E-state index in [0.717, 1.165) is 0 Å². The minimum absolute atomic E-state index is 0.0559. The summed E-state index contributed by atoms with van der Waals surface area (Å²) in [6.45, 7) is 1.24. The van der Waals surface area contributed by atoms with Crippen LogP contribution in [0.5, 0.6) is 0 Å². The molecule has 1 fully saturated rings. The monoisotopic (exact) mass is 283 g/mol. The number of aliphatic hydroxyl groups excluding tert-OH is 1. The van der Waals surface area contributed by atoms with E-state index in [2.05, 4.69) is 53.4 Å². The number of nitrogens with zero attached hydrogens (tertiary/aromatic N) is 1. The molecule has 0 spiro atoms. The average Bonchev–Trinajstić information content (AvgIpc) is 2.54. The lowest BCUT2D eigenvalue weighted by Gasteiger charge is -2.49. The molecule has 2 aromatic rings. The van der Waals surface area contributed by atoms with Crippen molar-refractivity contribution in [1.29, 1.82) is 0 Å². The summed E-state index contributed by atoms with van der Waals surface area (Å²) in [5.41, 5.74) is 2.49. The van der Waals surface area contributed by atoms with Gasteiger partial charge in [0.05, 0.1) is 24.8 Å². The van der Waals surface area contributed by atoms with Crippen molar-refractivity contribution >= 4 is 0 Å². The highest BCUT2D eigenvalue weighted by Crippen LogP contribution is 2.35. The van der Waals surface area contributed by atoms with Gasteiger partial charge in [0.2, 0.25) is 0 Å². The zero-order valence-corrected chi connectivity index (χ0v) is 12.2. The van der Waals surface area contributed by atoms with Crippen LogP contribution in [0.3, 0.4) is 0 Å². The van der Waals surface area contributed by atoms with Gasteiger partial charge in [-0.1, -0.05) is 60.7 Å². The first-order valence-corrected chi connectivity index (χ1v) is 7.34. The normalized spacial score (nSPS) is 22.2. The third kappa shape index (κ3) is 2.86. The number of aliphatic hydroxyl groups is 1. The molecule has 2 aromatic carbocycles. The molecule has 0 saturated carbocycles. The molecular weight excluding hydrogens is 262 g/mol. The van der Waals surface area contributed by atoms with E-state index < -0.39 is 0 Å². The van der Waals surface area contributed by atoms with Crippen molar-refractivity contribution in [2.24, 2.45) is 0 Å². The van der Waals surface area contributed by atoms with Crippen LogP contribution in [0.25, 0.3) is 0 Å². The third-order valence-corrected chi connectivity index (χ3v) is 4.17. The average molecular weight is 283 g/mol. The van der Waals surface area contributed by atoms with Gasteiger partial charge in [-0.25, -0.2) is 0 Å². The van der Waals surface area contributed by atoms with Crippen LogP contribution in [0.2, 0.25) is 0 Å². The van der Waals surface area contributed by atoms with Crippen molar-refractivity contribution in [3.63, 3.8) is 0 Å². The Morgan fingerprint density at radius 3 is 2.00 bits per heavy atom. The highest BCUT2D eigenvalue weighted by molar-refractivity contribution is 5.33. The van der Waals surface area contributed by atoms with Gasteiger partial charge in [-0.15, -0.1) is 0 Å². The van der Waals surface area contributed by atoms with Crippen LogP contribution in [0, 0.1) is 0 Å². The molecule has 1 aliphatic rings. The number of ether oxygens (including phenoxy) is 1. The Bertz CT molecular complexity index is 518. The second kappa shape index (κ2) is 6.39. The van der Waals surface area contributed by atoms with Crippen LogP contribution >= 0.6 is 0 Å². The molecule has 3 rings (SSSR count). The minimum atomic E-state index is -0.306. The third-order valence-electron chi connectivity index (χ3n) is 4.17. The molecule has 1 N–H and O–H groups in total. The summed E-state index contributed by atoms with van der Waals surface area (Å²) in [5.74, 6) is 0. The lowest BCUT2D eigenvalue weighted by Crippen LogP contribution is -2.62. The summed E-state index contributed by atoms with van der Waals surface area (Å²) in [4.78, 5) is 2.32. The molecule has 0 bridgehead atoms. The number of β-amino-alcohol motifs (C(OH)–C–C–N with tert-alkyl or cyclic N) is 1. The quantitative estimate of drug-likeness (QED) is 0.915. The van der Waals surface area contributed by atoms with Crippen LogP contribution in [0.1, 0.15) is 17.2 Å². The largest absolute Gasteiger partial charge is 0.390 e. The Labute approximate surface area is 125 Å². The molecule has 2 atom stereocenters. The van der Waals surface area contributed by atoms with E-state index in [0.29, 0.717) is 13.2 Å². The van der Waals surface area contributed by atoms with Gasteiger partial charge in [-0.2, -0.15) is 0 Å². The fraction of sp³-hybridized carbons (Fsp3) is 0.333. The molecule has 0 unspecified atom stereocenters. The van der Waals surface area contributed by atoms with Crippen molar-refractivity contribution in [3.05, 3.63) is 71.8 Å². The van der Waals surface area contributed by atoms with E-state index in [9.17, 15) is 5.11 Å². The Morgan fingerprint density at radius 2 is 1.57 bits per heavy atom. The lowest BCUT2D eigenvalue weighted by atomic mass is 9.89. The van der Waals surface area contributed by atoms with E-state index >= 15 is 0 Å². The summed E-state index contributed by atoms with van der Waals surface area (Å²) >= 11 is 0. The second-order valence-corrected chi connectivity index (χ2v) is 5.51. The maximum Gasteiger partial charge on any atom is 0.0845 e. The number of benzene rings is 2. The molecular formula is C18H21NO2. The van der Waals surface area contributed by atoms with Gasteiger partial charge >= 0.3 is 0 Å². The number of rotatable bonds is 5. The molecule has 3 heteroatoms. The molecule has 3 nitrogen and oxygen atoms in total. The van der Waals surface area contributed by atoms with Gasteiger partial charge in [0.25, 0.3) is 0 Å². The Hall–Kier alpha value is -1.68. The van der Waals surface area contributed by atoms with Crippen LogP contribution < -0.4 is 0 Å². The smallest absolute Gasteiger partial charge is 0.0845 e. The maximum absolute atomic E-state index is 10.0. The van der Waals surface area contributed by atoms with Gasteiger partial charge in [-0.3, -0.25) is 4.90 Å². The van der Waals surface area contributed by atoms with Crippen molar-refractivity contribution in [1.82, 2.24) is 4.90 Å². The Kier molecular flexibility index (Phi) is 4.34. The molecule has 110 valence electrons. The first-order chi connectivity index (χ1) is 10.3. The lowest BCUT2D eigenvalue weighted by molar-refractivity contribution is -0.103. The minimum Gasteiger partial charge on any atom is -0.390 e. The van der Waals surface area contributed by atoms with E-state index in [1.165, 1.54) is 11.1 Å². The Morgan fingerprint density at radius 1 is 1.05 bits per heavy atom. The van der Waals surface area contributed by atoms with Crippen LogP contribution in [-0.4, -0.2) is 42.4 Å². The number of hydrogen-bond acceptors (Lipinski definition) is 3. The van der Waals surface area contributed by atoms with Crippen LogP contribution in [-0.2, 0) is 4.74 Å². The van der Waals surface area contributed by atoms with E-state index in [4.69, 9.17) is 4.74 Å². The second-order valence-electron chi connectivity index (χ2n) is 5.51. The highest BCUT2D eigenvalue weighted by atomic mass is 16.5. The van der Waals surface area contributed by atoms with Crippen molar-refractivity contribution in [2.75, 3.05) is 20.3 Å². The van der Waals surface area contributed by atoms with Gasteiger partial charge in [0.1, 0.15) is 0 Å². The molecule has 0 aromatic heterocycles. The summed E-state index contributed by atoms with van der Waals surface area (Å²) < 4.78 is 5.27. The summed E-state index contributed by atoms with van der Waals surface area (Å²) in [6, 6.07) is 21.1. The van der Waals surface area contributed by atoms with Crippen molar-refractivity contribution in [3.8, 4) is 0 Å². The summed E-state index contributed by atoms with van der Waals surface area (Å²) in [7, 11) is 1.68. The highest BCUT2D eigenvalue weighted by Gasteiger charge is 2.42. The molecule has 0 aliphatic carbocycles. The predicted molar refractivity (Wildman–Crippen MR) is 83.1 cm³/mol. The van der Waals surface area contributed by atoms with Gasteiger partial charge in [-0.05, 0) is 11.1 Å². The van der Waals surface area contributed by atoms with Crippen LogP contribution in [0.15, 0.2) is 60.7 Å². The van der Waals surface area contributed by atoms with Gasteiger partial charge in [0.15, 0.2) is 0 Å². The predicted octanol–water partition coefficient (Wildman–Crippen LogP) is 2.47. The molecule has 1 heterocycles. The first kappa shape index (κ1) is 14.3.